The Bertz CT molecular complexity index is 601. The van der Waals surface area contributed by atoms with E-state index in [0.29, 0.717) is 42.6 Å². The lowest BCUT2D eigenvalue weighted by molar-refractivity contribution is 0.0390. The molecule has 21 heavy (non-hydrogen) atoms. The van der Waals surface area contributed by atoms with Crippen LogP contribution < -0.4 is 10.5 Å². The lowest BCUT2D eigenvalue weighted by Gasteiger charge is -2.26. The third-order valence-corrected chi connectivity index (χ3v) is 5.28. The van der Waals surface area contributed by atoms with Crippen molar-refractivity contribution in [2.45, 2.75) is 11.8 Å². The quantitative estimate of drug-likeness (QED) is 0.780. The molecule has 8 heteroatoms. The highest BCUT2D eigenvalue weighted by atomic mass is 35.5. The first-order chi connectivity index (χ1) is 9.90. The lowest BCUT2D eigenvalue weighted by Crippen LogP contribution is -2.41. The summed E-state index contributed by atoms with van der Waals surface area (Å²) in [7, 11) is -3.61. The number of benzene rings is 1. The van der Waals surface area contributed by atoms with Gasteiger partial charge in [0.1, 0.15) is 0 Å². The van der Waals surface area contributed by atoms with E-state index in [4.69, 9.17) is 22.1 Å². The molecule has 3 N–H and O–H groups in total. The molecular formula is C13H20ClN3O3S. The fourth-order valence-corrected chi connectivity index (χ4v) is 3.80. The van der Waals surface area contributed by atoms with Gasteiger partial charge in [0, 0.05) is 36.9 Å². The number of morpholine rings is 1. The van der Waals surface area contributed by atoms with Gasteiger partial charge in [-0.25, -0.2) is 13.1 Å². The van der Waals surface area contributed by atoms with Crippen LogP contribution >= 0.6 is 11.6 Å². The maximum absolute atomic E-state index is 12.3. The van der Waals surface area contributed by atoms with Crippen molar-refractivity contribution in [1.29, 1.82) is 0 Å². The zero-order valence-electron chi connectivity index (χ0n) is 11.9. The highest BCUT2D eigenvalue weighted by molar-refractivity contribution is 7.89. The van der Waals surface area contributed by atoms with Crippen LogP contribution in [0.2, 0.25) is 5.02 Å². The van der Waals surface area contributed by atoms with E-state index in [2.05, 4.69) is 9.62 Å². The summed E-state index contributed by atoms with van der Waals surface area (Å²) in [6.45, 7) is 5.69. The maximum Gasteiger partial charge on any atom is 0.241 e. The Balaban J connectivity index is 2.01. The molecule has 6 nitrogen and oxygen atoms in total. The van der Waals surface area contributed by atoms with Crippen LogP contribution in [-0.4, -0.2) is 52.7 Å². The van der Waals surface area contributed by atoms with Gasteiger partial charge in [0.15, 0.2) is 0 Å². The second kappa shape index (κ2) is 6.93. The van der Waals surface area contributed by atoms with Crippen molar-refractivity contribution in [2.75, 3.05) is 45.1 Å². The number of hydrogen-bond acceptors (Lipinski definition) is 5. The number of hydrogen-bond donors (Lipinski definition) is 2. The zero-order valence-corrected chi connectivity index (χ0v) is 13.5. The normalized spacial score (nSPS) is 17.0. The number of sulfonamides is 1. The number of halogens is 1. The van der Waals surface area contributed by atoms with E-state index in [-0.39, 0.29) is 4.90 Å². The number of nitrogens with one attached hydrogen (secondary N) is 1. The van der Waals surface area contributed by atoms with E-state index >= 15 is 0 Å². The first kappa shape index (κ1) is 16.5. The summed E-state index contributed by atoms with van der Waals surface area (Å²) in [5.74, 6) is 0. The van der Waals surface area contributed by atoms with E-state index in [1.54, 1.807) is 13.0 Å². The van der Waals surface area contributed by atoms with Crippen LogP contribution in [0.5, 0.6) is 0 Å². The third kappa shape index (κ3) is 4.31. The molecule has 1 aromatic rings. The van der Waals surface area contributed by atoms with E-state index in [1.165, 1.54) is 6.07 Å². The second-order valence-electron chi connectivity index (χ2n) is 4.97. The second-order valence-corrected chi connectivity index (χ2v) is 7.14. The zero-order chi connectivity index (χ0) is 15.5. The molecule has 0 unspecified atom stereocenters. The Morgan fingerprint density at radius 2 is 2.05 bits per heavy atom. The van der Waals surface area contributed by atoms with E-state index in [9.17, 15) is 8.42 Å². The van der Waals surface area contributed by atoms with Gasteiger partial charge in [-0.2, -0.15) is 0 Å². The van der Waals surface area contributed by atoms with Crippen LogP contribution in [0.3, 0.4) is 0 Å². The Morgan fingerprint density at radius 1 is 1.38 bits per heavy atom. The van der Waals surface area contributed by atoms with Crippen LogP contribution in [0.4, 0.5) is 5.69 Å². The molecule has 0 aliphatic carbocycles. The Kier molecular flexibility index (Phi) is 5.45. The first-order valence-electron chi connectivity index (χ1n) is 6.75. The molecule has 2 rings (SSSR count). The minimum atomic E-state index is -3.61. The van der Waals surface area contributed by atoms with Gasteiger partial charge in [0.2, 0.25) is 10.0 Å². The standard InChI is InChI=1S/C13H20ClN3O3S/c1-10-12(15)8-11(14)9-13(10)21(18,19)16-2-3-17-4-6-20-7-5-17/h8-9,16H,2-7,15H2,1H3. The molecule has 0 aromatic heterocycles. The molecule has 1 aliphatic heterocycles. The summed E-state index contributed by atoms with van der Waals surface area (Å²) in [6.07, 6.45) is 0. The molecule has 0 amide bonds. The number of ether oxygens (including phenoxy) is 1. The SMILES string of the molecule is Cc1c(N)cc(Cl)cc1S(=O)(=O)NCCN1CCOCC1. The molecule has 1 aliphatic rings. The number of anilines is 1. The Labute approximate surface area is 130 Å². The van der Waals surface area contributed by atoms with Gasteiger partial charge in [-0.15, -0.1) is 0 Å². The van der Waals surface area contributed by atoms with Crippen molar-refractivity contribution >= 4 is 27.3 Å². The average Bonchev–Trinajstić information content (AvgIpc) is 2.43. The molecular weight excluding hydrogens is 314 g/mol. The summed E-state index contributed by atoms with van der Waals surface area (Å²) < 4.78 is 32.5. The number of nitrogens with zero attached hydrogens (tertiary/aromatic N) is 1. The van der Waals surface area contributed by atoms with Crippen molar-refractivity contribution < 1.29 is 13.2 Å². The monoisotopic (exact) mass is 333 g/mol. The minimum absolute atomic E-state index is 0.134. The summed E-state index contributed by atoms with van der Waals surface area (Å²) in [5, 5.41) is 0.312. The smallest absolute Gasteiger partial charge is 0.241 e. The summed E-state index contributed by atoms with van der Waals surface area (Å²) in [4.78, 5) is 2.29. The van der Waals surface area contributed by atoms with Crippen LogP contribution in [0.25, 0.3) is 0 Å². The van der Waals surface area contributed by atoms with Gasteiger partial charge in [-0.1, -0.05) is 11.6 Å². The van der Waals surface area contributed by atoms with Gasteiger partial charge >= 0.3 is 0 Å². The van der Waals surface area contributed by atoms with Crippen LogP contribution in [-0.2, 0) is 14.8 Å². The summed E-state index contributed by atoms with van der Waals surface area (Å²) in [5.41, 5.74) is 6.65. The van der Waals surface area contributed by atoms with Crippen molar-refractivity contribution in [3.05, 3.63) is 22.7 Å². The molecule has 0 bridgehead atoms. The van der Waals surface area contributed by atoms with Crippen LogP contribution in [0.15, 0.2) is 17.0 Å². The van der Waals surface area contributed by atoms with Crippen molar-refractivity contribution in [1.82, 2.24) is 9.62 Å². The van der Waals surface area contributed by atoms with E-state index in [0.717, 1.165) is 13.1 Å². The maximum atomic E-state index is 12.3. The predicted octanol–water partition coefficient (Wildman–Crippen LogP) is 0.841. The highest BCUT2D eigenvalue weighted by Crippen LogP contribution is 2.25. The van der Waals surface area contributed by atoms with Gasteiger partial charge in [0.05, 0.1) is 18.1 Å². The lowest BCUT2D eigenvalue weighted by atomic mass is 10.2. The topological polar surface area (TPSA) is 84.7 Å². The van der Waals surface area contributed by atoms with E-state index < -0.39 is 10.0 Å². The average molecular weight is 334 g/mol. The summed E-state index contributed by atoms with van der Waals surface area (Å²) >= 11 is 5.89. The highest BCUT2D eigenvalue weighted by Gasteiger charge is 2.19. The largest absolute Gasteiger partial charge is 0.398 e. The number of nitrogens with two attached hydrogens (primary N) is 1. The molecule has 118 valence electrons. The van der Waals surface area contributed by atoms with Crippen LogP contribution in [0.1, 0.15) is 5.56 Å². The van der Waals surface area contributed by atoms with Crippen molar-refractivity contribution in [3.8, 4) is 0 Å². The molecule has 1 saturated heterocycles. The van der Waals surface area contributed by atoms with Gasteiger partial charge < -0.3 is 10.5 Å². The molecule has 1 aromatic carbocycles. The van der Waals surface area contributed by atoms with E-state index in [1.807, 2.05) is 0 Å². The fraction of sp³-hybridized carbons (Fsp3) is 0.538. The molecule has 1 heterocycles. The molecule has 1 fully saturated rings. The molecule has 0 saturated carbocycles. The number of nitrogen functional groups attached to an aromatic ring is 1. The Hall–Kier alpha value is -0.860. The summed E-state index contributed by atoms with van der Waals surface area (Å²) in [6, 6.07) is 2.97. The Morgan fingerprint density at radius 3 is 2.71 bits per heavy atom. The minimum Gasteiger partial charge on any atom is -0.398 e. The number of rotatable bonds is 5. The van der Waals surface area contributed by atoms with Gasteiger partial charge in [0.25, 0.3) is 0 Å². The predicted molar refractivity (Wildman–Crippen MR) is 83.0 cm³/mol. The molecule has 0 atom stereocenters. The first-order valence-corrected chi connectivity index (χ1v) is 8.61. The van der Waals surface area contributed by atoms with Gasteiger partial charge in [-0.3, -0.25) is 4.90 Å². The molecule has 0 radical (unpaired) electrons. The van der Waals surface area contributed by atoms with Crippen molar-refractivity contribution in [2.24, 2.45) is 0 Å². The third-order valence-electron chi connectivity index (χ3n) is 3.48. The fourth-order valence-electron chi connectivity index (χ4n) is 2.19. The van der Waals surface area contributed by atoms with Crippen molar-refractivity contribution in [3.63, 3.8) is 0 Å². The van der Waals surface area contributed by atoms with Crippen LogP contribution in [0, 0.1) is 6.92 Å². The van der Waals surface area contributed by atoms with Gasteiger partial charge in [-0.05, 0) is 24.6 Å². The molecule has 0 spiro atoms.